The Balaban J connectivity index is 1.69. The van der Waals surface area contributed by atoms with Crippen LogP contribution >= 0.6 is 11.6 Å². The Kier molecular flexibility index (Phi) is 4.57. The number of piperidine rings is 1. The minimum Gasteiger partial charge on any atom is -0.469 e. The van der Waals surface area contributed by atoms with Gasteiger partial charge in [-0.2, -0.15) is 0 Å². The average molecular weight is 373 g/mol. The number of benzene rings is 1. The van der Waals surface area contributed by atoms with Gasteiger partial charge in [0.05, 0.1) is 24.1 Å². The first-order chi connectivity index (χ1) is 12.6. The Hall–Kier alpha value is -2.14. The van der Waals surface area contributed by atoms with E-state index in [1.54, 1.807) is 0 Å². The molecule has 26 heavy (non-hydrogen) atoms. The first-order valence-corrected chi connectivity index (χ1v) is 9.44. The fourth-order valence-corrected chi connectivity index (χ4v) is 4.29. The maximum absolute atomic E-state index is 13.4. The standard InChI is InChI=1S/C20H21ClN2O3/c1-26-20(25)12-7-9-23(10-8-12)19(24)18-14-3-2-4-16(14)22-17-6-5-13(21)11-15(17)18/h5-6,11-12H,2-4,7-10H2,1H3. The van der Waals surface area contributed by atoms with Crippen molar-refractivity contribution >= 4 is 34.4 Å². The Labute approximate surface area is 157 Å². The van der Waals surface area contributed by atoms with E-state index in [1.807, 2.05) is 23.1 Å². The molecule has 1 saturated heterocycles. The smallest absolute Gasteiger partial charge is 0.308 e. The van der Waals surface area contributed by atoms with Crippen molar-refractivity contribution < 1.29 is 14.3 Å². The number of halogens is 1. The van der Waals surface area contributed by atoms with Crippen LogP contribution in [-0.4, -0.2) is 42.0 Å². The summed E-state index contributed by atoms with van der Waals surface area (Å²) in [5.74, 6) is -0.265. The van der Waals surface area contributed by atoms with E-state index in [0.717, 1.165) is 47.0 Å². The Morgan fingerprint density at radius 2 is 2.00 bits per heavy atom. The highest BCUT2D eigenvalue weighted by Crippen LogP contribution is 2.33. The van der Waals surface area contributed by atoms with Crippen LogP contribution in [0.1, 0.15) is 40.9 Å². The zero-order valence-electron chi connectivity index (χ0n) is 14.8. The van der Waals surface area contributed by atoms with Crippen molar-refractivity contribution in [2.45, 2.75) is 32.1 Å². The highest BCUT2D eigenvalue weighted by Gasteiger charge is 2.31. The van der Waals surface area contributed by atoms with Crippen LogP contribution in [0.5, 0.6) is 0 Å². The van der Waals surface area contributed by atoms with E-state index in [-0.39, 0.29) is 17.8 Å². The number of pyridine rings is 1. The van der Waals surface area contributed by atoms with E-state index in [2.05, 4.69) is 0 Å². The molecule has 0 spiro atoms. The van der Waals surface area contributed by atoms with Crippen LogP contribution in [0.15, 0.2) is 18.2 Å². The highest BCUT2D eigenvalue weighted by molar-refractivity contribution is 6.31. The third-order valence-electron chi connectivity index (χ3n) is 5.50. The van der Waals surface area contributed by atoms with Crippen LogP contribution < -0.4 is 0 Å². The maximum Gasteiger partial charge on any atom is 0.308 e. The van der Waals surface area contributed by atoms with Crippen LogP contribution in [0.25, 0.3) is 10.9 Å². The Morgan fingerprint density at radius 3 is 2.73 bits per heavy atom. The molecule has 1 aliphatic carbocycles. The normalized spacial score (nSPS) is 17.4. The molecular weight excluding hydrogens is 352 g/mol. The van der Waals surface area contributed by atoms with Crippen molar-refractivity contribution in [2.24, 2.45) is 5.92 Å². The number of aromatic nitrogens is 1. The van der Waals surface area contributed by atoms with Crippen molar-refractivity contribution in [3.05, 3.63) is 40.0 Å². The number of rotatable bonds is 2. The van der Waals surface area contributed by atoms with Gasteiger partial charge in [-0.25, -0.2) is 0 Å². The lowest BCUT2D eigenvalue weighted by Crippen LogP contribution is -2.41. The topological polar surface area (TPSA) is 59.5 Å². The van der Waals surface area contributed by atoms with Crippen molar-refractivity contribution in [3.63, 3.8) is 0 Å². The summed E-state index contributed by atoms with van der Waals surface area (Å²) >= 11 is 6.20. The molecule has 1 aliphatic heterocycles. The molecule has 2 heterocycles. The van der Waals surface area contributed by atoms with Gasteiger partial charge in [-0.3, -0.25) is 14.6 Å². The van der Waals surface area contributed by atoms with Gasteiger partial charge in [0.15, 0.2) is 0 Å². The molecule has 6 heteroatoms. The number of ether oxygens (including phenoxy) is 1. The van der Waals surface area contributed by atoms with Gasteiger partial charge < -0.3 is 9.64 Å². The molecule has 4 rings (SSSR count). The number of likely N-dealkylation sites (tertiary alicyclic amines) is 1. The molecular formula is C20H21ClN2O3. The number of hydrogen-bond donors (Lipinski definition) is 0. The number of esters is 1. The second-order valence-corrected chi connectivity index (χ2v) is 7.45. The summed E-state index contributed by atoms with van der Waals surface area (Å²) in [6, 6.07) is 5.54. The largest absolute Gasteiger partial charge is 0.469 e. The van der Waals surface area contributed by atoms with Gasteiger partial charge in [0, 0.05) is 29.2 Å². The summed E-state index contributed by atoms with van der Waals surface area (Å²) in [6.45, 7) is 1.13. The number of carbonyl (C=O) groups is 2. The summed E-state index contributed by atoms with van der Waals surface area (Å²) in [5.41, 5.74) is 3.68. The average Bonchev–Trinajstić information content (AvgIpc) is 3.13. The number of hydrogen-bond acceptors (Lipinski definition) is 4. The second-order valence-electron chi connectivity index (χ2n) is 7.02. The van der Waals surface area contributed by atoms with Crippen LogP contribution in [0.4, 0.5) is 0 Å². The van der Waals surface area contributed by atoms with Gasteiger partial charge >= 0.3 is 5.97 Å². The van der Waals surface area contributed by atoms with Gasteiger partial charge in [-0.1, -0.05) is 11.6 Å². The molecule has 0 radical (unpaired) electrons. The first kappa shape index (κ1) is 17.3. The lowest BCUT2D eigenvalue weighted by atomic mass is 9.95. The molecule has 136 valence electrons. The van der Waals surface area contributed by atoms with E-state index in [0.29, 0.717) is 31.0 Å². The molecule has 0 N–H and O–H groups in total. The zero-order valence-corrected chi connectivity index (χ0v) is 15.5. The van der Waals surface area contributed by atoms with Gasteiger partial charge in [0.1, 0.15) is 0 Å². The summed E-state index contributed by atoms with van der Waals surface area (Å²) in [5, 5.41) is 1.44. The molecule has 5 nitrogen and oxygen atoms in total. The molecule has 0 saturated carbocycles. The van der Waals surface area contributed by atoms with Gasteiger partial charge in [0.25, 0.3) is 5.91 Å². The lowest BCUT2D eigenvalue weighted by Gasteiger charge is -2.31. The van der Waals surface area contributed by atoms with Crippen LogP contribution in [0.3, 0.4) is 0 Å². The molecule has 0 unspecified atom stereocenters. The molecule has 2 aromatic rings. The van der Waals surface area contributed by atoms with E-state index in [1.165, 1.54) is 7.11 Å². The molecule has 1 aromatic carbocycles. The van der Waals surface area contributed by atoms with Crippen LogP contribution in [0.2, 0.25) is 5.02 Å². The van der Waals surface area contributed by atoms with Crippen LogP contribution in [0, 0.1) is 5.92 Å². The quantitative estimate of drug-likeness (QED) is 0.758. The first-order valence-electron chi connectivity index (χ1n) is 9.06. The third-order valence-corrected chi connectivity index (χ3v) is 5.74. The summed E-state index contributed by atoms with van der Waals surface area (Å²) in [6.07, 6.45) is 4.11. The lowest BCUT2D eigenvalue weighted by molar-refractivity contribution is -0.146. The van der Waals surface area contributed by atoms with E-state index >= 15 is 0 Å². The summed E-state index contributed by atoms with van der Waals surface area (Å²) in [4.78, 5) is 31.7. The van der Waals surface area contributed by atoms with Gasteiger partial charge in [-0.15, -0.1) is 0 Å². The third kappa shape index (κ3) is 2.94. The predicted octanol–water partition coefficient (Wildman–Crippen LogP) is 3.40. The van der Waals surface area contributed by atoms with Crippen molar-refractivity contribution in [1.82, 2.24) is 9.88 Å². The minimum absolute atomic E-state index is 0.0288. The van der Waals surface area contributed by atoms with Crippen molar-refractivity contribution in [1.29, 1.82) is 0 Å². The SMILES string of the molecule is COC(=O)C1CCN(C(=O)c2c3c(nc4ccc(Cl)cc24)CCC3)CC1. The molecule has 1 amide bonds. The van der Waals surface area contributed by atoms with E-state index in [4.69, 9.17) is 21.3 Å². The number of amides is 1. The predicted molar refractivity (Wildman–Crippen MR) is 99.4 cm³/mol. The molecule has 1 fully saturated rings. The van der Waals surface area contributed by atoms with Crippen molar-refractivity contribution in [3.8, 4) is 0 Å². The Bertz CT molecular complexity index is 888. The highest BCUT2D eigenvalue weighted by atomic mass is 35.5. The van der Waals surface area contributed by atoms with E-state index in [9.17, 15) is 9.59 Å². The van der Waals surface area contributed by atoms with Crippen LogP contribution in [-0.2, 0) is 22.4 Å². The number of aryl methyl sites for hydroxylation is 1. The van der Waals surface area contributed by atoms with Crippen molar-refractivity contribution in [2.75, 3.05) is 20.2 Å². The number of nitrogens with zero attached hydrogens (tertiary/aromatic N) is 2. The second kappa shape index (κ2) is 6.88. The molecule has 2 aliphatic rings. The fraction of sp³-hybridized carbons (Fsp3) is 0.450. The zero-order chi connectivity index (χ0) is 18.3. The Morgan fingerprint density at radius 1 is 1.23 bits per heavy atom. The fourth-order valence-electron chi connectivity index (χ4n) is 4.12. The van der Waals surface area contributed by atoms with Gasteiger partial charge in [0.2, 0.25) is 0 Å². The monoisotopic (exact) mass is 372 g/mol. The molecule has 1 aromatic heterocycles. The van der Waals surface area contributed by atoms with E-state index < -0.39 is 0 Å². The number of carbonyl (C=O) groups excluding carboxylic acids is 2. The number of methoxy groups -OCH3 is 1. The summed E-state index contributed by atoms with van der Waals surface area (Å²) < 4.78 is 4.84. The van der Waals surface area contributed by atoms with Gasteiger partial charge in [-0.05, 0) is 55.9 Å². The molecule has 0 atom stereocenters. The molecule has 0 bridgehead atoms. The number of fused-ring (bicyclic) bond motifs is 2. The summed E-state index contributed by atoms with van der Waals surface area (Å²) in [7, 11) is 1.41. The minimum atomic E-state index is -0.181. The maximum atomic E-state index is 13.4.